The number of rotatable bonds is 16. The molecule has 11 aromatic rings. The van der Waals surface area contributed by atoms with E-state index in [1.807, 2.05) is 274 Å². The lowest BCUT2D eigenvalue weighted by Crippen LogP contribution is -2.41. The maximum atomic E-state index is 12.2. The summed E-state index contributed by atoms with van der Waals surface area (Å²) >= 11 is 8.38. The molecule has 0 atom stereocenters. The molecule has 24 heteroatoms. The highest BCUT2D eigenvalue weighted by Gasteiger charge is 2.51. The van der Waals surface area contributed by atoms with Gasteiger partial charge in [-0.05, 0) is 261 Å². The number of hydrogen-bond acceptors (Lipinski definition) is 16. The summed E-state index contributed by atoms with van der Waals surface area (Å²) in [5.74, 6) is 1.62. The summed E-state index contributed by atoms with van der Waals surface area (Å²) in [7, 11) is -0.409. The van der Waals surface area contributed by atoms with Crippen LogP contribution in [0, 0.1) is 27.7 Å². The van der Waals surface area contributed by atoms with Crippen molar-refractivity contribution in [3.8, 4) is 22.8 Å². The molecule has 530 valence electrons. The van der Waals surface area contributed by atoms with Gasteiger partial charge in [0.2, 0.25) is 5.82 Å². The van der Waals surface area contributed by atoms with Crippen molar-refractivity contribution in [1.82, 2.24) is 20.1 Å². The zero-order valence-corrected chi connectivity index (χ0v) is 63.8. The Morgan fingerprint density at radius 3 is 1.13 bits per heavy atom. The molecule has 0 bridgehead atoms. The Kier molecular flexibility index (Phi) is 29.9. The number of aryl methyl sites for hydroxylation is 4. The summed E-state index contributed by atoms with van der Waals surface area (Å²) < 4.78 is 17.4. The lowest BCUT2D eigenvalue weighted by Gasteiger charge is -2.32. The molecule has 12 rings (SSSR count). The van der Waals surface area contributed by atoms with Crippen LogP contribution in [-0.4, -0.2) is 93.7 Å². The van der Waals surface area contributed by atoms with Gasteiger partial charge in [0.05, 0.1) is 23.1 Å². The molecule has 1 aliphatic rings. The van der Waals surface area contributed by atoms with E-state index in [2.05, 4.69) is 82.6 Å². The fourth-order valence-electron chi connectivity index (χ4n) is 9.15. The van der Waals surface area contributed by atoms with Gasteiger partial charge in [0.1, 0.15) is 5.82 Å². The number of aromatic nitrogens is 4. The minimum absolute atomic E-state index is 0.0769. The molecule has 18 nitrogen and oxygen atoms in total. The fraction of sp³-hybridized carbons (Fsp3) is 0.190. The normalized spacial score (nSPS) is 12.1. The van der Waals surface area contributed by atoms with Crippen molar-refractivity contribution in [2.45, 2.75) is 91.1 Å². The molecule has 1 saturated heterocycles. The topological polar surface area (TPSA) is 236 Å². The standard InChI is InChI=1S/C20H25BN2O3S.C16H14N2OS.C15H15NOS.2C14H15N3OS/c1-19(2)20(3,4)26-21(25-19)14-6-8-15(9-7-14)22-18(24)23-16-10-12-17(27-5)13-11-16;1-11-3-5-12(6-4-11)15-17-16(19-18-15)13-7-9-14(20-2)10-8-13;1-11-3-5-12(6-4-11)15(17)16-13-7-9-14(18-2)10-8-13;1-10-3-8-13(15-9-10)17-14(18)16-11-4-6-12(19-2)7-5-11;1-10-3-4-12(9-15-10)17-14(18)16-11-5-7-13(19-2)8-6-11/h6-13H,1-5H3,(H2,22,23,24);3-10H,1-2H3;3-10H,1-2H3,(H,16,17);3-9H,1-2H3,(H2,15,16,17,18);3-9H,1-2H3,(H2,16,17,18). The largest absolute Gasteiger partial charge is 0.494 e. The van der Waals surface area contributed by atoms with Gasteiger partial charge in [-0.2, -0.15) is 4.98 Å². The van der Waals surface area contributed by atoms with E-state index in [0.29, 0.717) is 34.5 Å². The smallest absolute Gasteiger partial charge is 0.399 e. The van der Waals surface area contributed by atoms with Crippen LogP contribution >= 0.6 is 58.8 Å². The Hall–Kier alpha value is -9.79. The first-order valence-electron chi connectivity index (χ1n) is 32.5. The average Bonchev–Trinajstić information content (AvgIpc) is 1.63. The van der Waals surface area contributed by atoms with Gasteiger partial charge in [-0.3, -0.25) is 15.1 Å². The lowest BCUT2D eigenvalue weighted by atomic mass is 9.79. The highest BCUT2D eigenvalue weighted by molar-refractivity contribution is 7.99. The number of hydrogen-bond donors (Lipinski definition) is 7. The Morgan fingerprint density at radius 1 is 0.369 bits per heavy atom. The lowest BCUT2D eigenvalue weighted by molar-refractivity contribution is 0.00578. The maximum absolute atomic E-state index is 12.2. The van der Waals surface area contributed by atoms with Crippen LogP contribution in [0.4, 0.5) is 54.3 Å². The van der Waals surface area contributed by atoms with Crippen molar-refractivity contribution < 1.29 is 33.0 Å². The summed E-state index contributed by atoms with van der Waals surface area (Å²) in [5, 5.41) is 23.5. The molecule has 1 aliphatic heterocycles. The van der Waals surface area contributed by atoms with Gasteiger partial charge in [0.25, 0.3) is 11.8 Å². The van der Waals surface area contributed by atoms with Crippen LogP contribution in [0.2, 0.25) is 0 Å². The van der Waals surface area contributed by atoms with E-state index in [9.17, 15) is 19.2 Å². The summed E-state index contributed by atoms with van der Waals surface area (Å²) in [6.07, 6.45) is 13.5. The predicted molar refractivity (Wildman–Crippen MR) is 432 cm³/mol. The number of benzene rings is 8. The van der Waals surface area contributed by atoms with Gasteiger partial charge >= 0.3 is 25.2 Å². The summed E-state index contributed by atoms with van der Waals surface area (Å²) in [4.78, 5) is 66.2. The molecule has 7 amide bonds. The van der Waals surface area contributed by atoms with Crippen molar-refractivity contribution >= 4 is 135 Å². The van der Waals surface area contributed by atoms with Gasteiger partial charge in [-0.15, -0.1) is 58.8 Å². The van der Waals surface area contributed by atoms with Crippen molar-refractivity contribution in [2.24, 2.45) is 0 Å². The zero-order chi connectivity index (χ0) is 73.9. The monoisotopic (exact) mass is 1470 g/mol. The SMILES string of the molecule is CSc1ccc(-c2nc(-c3ccc(C)cc3)no2)cc1.CSc1ccc(NC(=O)Nc2ccc(B3OC(C)(C)C(C)(C)O3)cc2)cc1.CSc1ccc(NC(=O)Nc2ccc(C)cn2)cc1.CSc1ccc(NC(=O)Nc2ccc(C)nc2)cc1.CSc1ccc(NC(=O)c2ccc(C)cc2)cc1. The van der Waals surface area contributed by atoms with E-state index in [1.54, 1.807) is 77.3 Å². The zero-order valence-electron chi connectivity index (χ0n) is 59.7. The number of thioether (sulfide) groups is 5. The molecule has 8 aromatic carbocycles. The third-order valence-electron chi connectivity index (χ3n) is 15.8. The number of carbonyl (C=O) groups is 4. The number of pyridine rings is 2. The quantitative estimate of drug-likeness (QED) is 0.0352. The number of urea groups is 3. The molecule has 103 heavy (non-hydrogen) atoms. The highest BCUT2D eigenvalue weighted by atomic mass is 32.2. The minimum atomic E-state index is -0.409. The second kappa shape index (κ2) is 39.0. The molecule has 0 unspecified atom stereocenters. The minimum Gasteiger partial charge on any atom is -0.399 e. The van der Waals surface area contributed by atoms with Crippen LogP contribution in [-0.2, 0) is 9.31 Å². The third kappa shape index (κ3) is 25.3. The van der Waals surface area contributed by atoms with E-state index in [0.717, 1.165) is 70.8 Å². The van der Waals surface area contributed by atoms with E-state index < -0.39 is 7.12 Å². The second-order valence-electron chi connectivity index (χ2n) is 24.1. The molecule has 0 saturated carbocycles. The van der Waals surface area contributed by atoms with Crippen LogP contribution in [0.25, 0.3) is 22.8 Å². The molecule has 1 fully saturated rings. The van der Waals surface area contributed by atoms with Crippen molar-refractivity contribution in [3.63, 3.8) is 0 Å². The van der Waals surface area contributed by atoms with Crippen molar-refractivity contribution in [1.29, 1.82) is 0 Å². The molecule has 0 spiro atoms. The summed E-state index contributed by atoms with van der Waals surface area (Å²) in [5.41, 5.74) is 11.5. The Morgan fingerprint density at radius 2 is 0.728 bits per heavy atom. The number of anilines is 7. The van der Waals surface area contributed by atoms with Gasteiger partial charge in [0.15, 0.2) is 0 Å². The average molecular weight is 1470 g/mol. The molecule has 7 N–H and O–H groups in total. The fourth-order valence-corrected chi connectivity index (χ4v) is 11.2. The Balaban J connectivity index is 0.000000165. The Labute approximate surface area is 625 Å². The first-order chi connectivity index (χ1) is 49.5. The molecule has 0 radical (unpaired) electrons. The molecule has 3 aromatic heterocycles. The van der Waals surface area contributed by atoms with Crippen LogP contribution < -0.4 is 42.7 Å². The maximum Gasteiger partial charge on any atom is 0.494 e. The van der Waals surface area contributed by atoms with Crippen LogP contribution in [0.15, 0.2) is 260 Å². The number of amides is 7. The van der Waals surface area contributed by atoms with E-state index in [1.165, 1.54) is 15.4 Å². The van der Waals surface area contributed by atoms with Crippen LogP contribution in [0.1, 0.15) is 60.4 Å². The summed E-state index contributed by atoms with van der Waals surface area (Å²) in [6.45, 7) is 16.0. The number of carbonyl (C=O) groups excluding carboxylic acids is 4. The van der Waals surface area contributed by atoms with Gasteiger partial charge in [0, 0.05) is 81.5 Å². The molecule has 0 aliphatic carbocycles. The molecule has 4 heterocycles. The highest BCUT2D eigenvalue weighted by Crippen LogP contribution is 2.37. The molecular formula is C79H84BN11O7S5. The number of nitrogens with zero attached hydrogens (tertiary/aromatic N) is 4. The number of nitrogens with one attached hydrogen (secondary N) is 7. The second-order valence-corrected chi connectivity index (χ2v) is 28.5. The van der Waals surface area contributed by atoms with E-state index in [-0.39, 0.29) is 35.2 Å². The van der Waals surface area contributed by atoms with Gasteiger partial charge in [-0.25, -0.2) is 19.4 Å². The first-order valence-corrected chi connectivity index (χ1v) is 38.7. The molecular weight excluding hydrogens is 1390 g/mol. The van der Waals surface area contributed by atoms with E-state index in [4.69, 9.17) is 13.8 Å². The van der Waals surface area contributed by atoms with Crippen molar-refractivity contribution in [3.05, 3.63) is 259 Å². The summed E-state index contributed by atoms with van der Waals surface area (Å²) in [6, 6.07) is 68.6. The van der Waals surface area contributed by atoms with Crippen molar-refractivity contribution in [2.75, 3.05) is 68.5 Å². The van der Waals surface area contributed by atoms with Crippen LogP contribution in [0.3, 0.4) is 0 Å². The van der Waals surface area contributed by atoms with Crippen LogP contribution in [0.5, 0.6) is 0 Å². The van der Waals surface area contributed by atoms with Gasteiger partial charge in [-0.1, -0.05) is 70.9 Å². The van der Waals surface area contributed by atoms with E-state index >= 15 is 0 Å². The third-order valence-corrected chi connectivity index (χ3v) is 19.5. The van der Waals surface area contributed by atoms with Gasteiger partial charge < -0.3 is 45.7 Å². The first kappa shape index (κ1) is 78.9. The predicted octanol–water partition coefficient (Wildman–Crippen LogP) is 20.3. The Bertz CT molecular complexity index is 4370.